The zero-order valence-corrected chi connectivity index (χ0v) is 11.5. The van der Waals surface area contributed by atoms with Crippen molar-refractivity contribution in [1.82, 2.24) is 4.90 Å². The van der Waals surface area contributed by atoms with Crippen LogP contribution in [0.3, 0.4) is 0 Å². The Balaban J connectivity index is 1.90. The molecular formula is C13H17BrN2O. The van der Waals surface area contributed by atoms with Crippen LogP contribution in [0.1, 0.15) is 18.4 Å². The third-order valence-electron chi connectivity index (χ3n) is 3.23. The van der Waals surface area contributed by atoms with Crippen LogP contribution in [-0.2, 0) is 11.3 Å². The predicted octanol–water partition coefficient (Wildman–Crippen LogP) is 2.14. The van der Waals surface area contributed by atoms with Crippen molar-refractivity contribution in [3.8, 4) is 0 Å². The van der Waals surface area contributed by atoms with Gasteiger partial charge in [-0.15, -0.1) is 0 Å². The lowest BCUT2D eigenvalue weighted by molar-refractivity contribution is -0.137. The first kappa shape index (κ1) is 12.6. The number of amides is 1. The van der Waals surface area contributed by atoms with E-state index in [1.807, 2.05) is 31.3 Å². The molecule has 0 spiro atoms. The Bertz CT molecular complexity index is 398. The molecule has 1 aliphatic carbocycles. The fourth-order valence-corrected chi connectivity index (χ4v) is 2.38. The van der Waals surface area contributed by atoms with Crippen molar-refractivity contribution in [3.05, 3.63) is 34.3 Å². The van der Waals surface area contributed by atoms with Gasteiger partial charge >= 0.3 is 0 Å². The summed E-state index contributed by atoms with van der Waals surface area (Å²) in [5, 5.41) is 0. The molecule has 1 amide bonds. The van der Waals surface area contributed by atoms with Crippen LogP contribution >= 0.6 is 15.9 Å². The number of carbonyl (C=O) groups excluding carboxylic acids is 1. The molecule has 1 fully saturated rings. The average Bonchev–Trinajstić information content (AvgIpc) is 2.27. The molecule has 17 heavy (non-hydrogen) atoms. The monoisotopic (exact) mass is 296 g/mol. The van der Waals surface area contributed by atoms with Gasteiger partial charge in [-0.2, -0.15) is 0 Å². The van der Waals surface area contributed by atoms with E-state index < -0.39 is 0 Å². The van der Waals surface area contributed by atoms with Gasteiger partial charge in [0.2, 0.25) is 5.91 Å². The lowest BCUT2D eigenvalue weighted by Gasteiger charge is -2.34. The second-order valence-electron chi connectivity index (χ2n) is 4.75. The summed E-state index contributed by atoms with van der Waals surface area (Å²) in [7, 11) is 1.86. The van der Waals surface area contributed by atoms with Crippen LogP contribution in [-0.4, -0.2) is 23.9 Å². The molecule has 2 rings (SSSR count). The molecule has 2 N–H and O–H groups in total. The van der Waals surface area contributed by atoms with E-state index >= 15 is 0 Å². The smallest absolute Gasteiger partial charge is 0.225 e. The first-order chi connectivity index (χ1) is 8.06. The highest BCUT2D eigenvalue weighted by Gasteiger charge is 2.33. The molecule has 1 aromatic carbocycles. The maximum atomic E-state index is 12.0. The number of hydrogen-bond acceptors (Lipinski definition) is 2. The van der Waals surface area contributed by atoms with Crippen LogP contribution in [0.2, 0.25) is 0 Å². The standard InChI is InChI=1S/C13H17BrN2O/c1-16(13(17)10-6-12(15)7-10)8-9-2-4-11(14)5-3-9/h2-5,10,12H,6-8,15H2,1H3. The molecule has 1 aromatic rings. The minimum absolute atomic E-state index is 0.144. The molecule has 0 radical (unpaired) electrons. The number of halogens is 1. The van der Waals surface area contributed by atoms with E-state index in [-0.39, 0.29) is 17.9 Å². The fraction of sp³-hybridized carbons (Fsp3) is 0.462. The van der Waals surface area contributed by atoms with Gasteiger partial charge in [0.15, 0.2) is 0 Å². The fourth-order valence-electron chi connectivity index (χ4n) is 2.12. The molecule has 0 aliphatic heterocycles. The summed E-state index contributed by atoms with van der Waals surface area (Å²) >= 11 is 3.40. The molecule has 4 heteroatoms. The highest BCUT2D eigenvalue weighted by molar-refractivity contribution is 9.10. The first-order valence-electron chi connectivity index (χ1n) is 5.81. The van der Waals surface area contributed by atoms with Crippen molar-refractivity contribution in [1.29, 1.82) is 0 Å². The number of nitrogens with two attached hydrogens (primary N) is 1. The molecule has 0 bridgehead atoms. The molecular weight excluding hydrogens is 280 g/mol. The second-order valence-corrected chi connectivity index (χ2v) is 5.66. The predicted molar refractivity (Wildman–Crippen MR) is 71.3 cm³/mol. The zero-order chi connectivity index (χ0) is 12.4. The molecule has 1 aliphatic rings. The van der Waals surface area contributed by atoms with Gasteiger partial charge in [-0.3, -0.25) is 4.79 Å². The number of rotatable bonds is 3. The maximum Gasteiger partial charge on any atom is 0.225 e. The lowest BCUT2D eigenvalue weighted by atomic mass is 9.80. The van der Waals surface area contributed by atoms with Gasteiger partial charge in [0.25, 0.3) is 0 Å². The summed E-state index contributed by atoms with van der Waals surface area (Å²) in [6.07, 6.45) is 1.67. The number of benzene rings is 1. The van der Waals surface area contributed by atoms with Crippen molar-refractivity contribution < 1.29 is 4.79 Å². The van der Waals surface area contributed by atoms with Crippen LogP contribution in [0.5, 0.6) is 0 Å². The summed E-state index contributed by atoms with van der Waals surface area (Å²) < 4.78 is 1.06. The summed E-state index contributed by atoms with van der Waals surface area (Å²) in [6.45, 7) is 0.665. The van der Waals surface area contributed by atoms with Crippen LogP contribution in [0.4, 0.5) is 0 Å². The van der Waals surface area contributed by atoms with Gasteiger partial charge in [0.05, 0.1) is 0 Å². The van der Waals surface area contributed by atoms with E-state index in [1.165, 1.54) is 0 Å². The van der Waals surface area contributed by atoms with Gasteiger partial charge in [0.1, 0.15) is 0 Å². The number of hydrogen-bond donors (Lipinski definition) is 1. The number of carbonyl (C=O) groups is 1. The Morgan fingerprint density at radius 3 is 2.53 bits per heavy atom. The summed E-state index contributed by atoms with van der Waals surface area (Å²) in [5.74, 6) is 0.361. The molecule has 0 saturated heterocycles. The molecule has 3 nitrogen and oxygen atoms in total. The first-order valence-corrected chi connectivity index (χ1v) is 6.60. The van der Waals surface area contributed by atoms with E-state index in [2.05, 4.69) is 15.9 Å². The van der Waals surface area contributed by atoms with Crippen molar-refractivity contribution in [2.75, 3.05) is 7.05 Å². The van der Waals surface area contributed by atoms with Crippen LogP contribution in [0.15, 0.2) is 28.7 Å². The normalized spacial score (nSPS) is 23.0. The third kappa shape index (κ3) is 3.07. The Labute approximate surface area is 110 Å². The Morgan fingerprint density at radius 2 is 2.00 bits per heavy atom. The number of nitrogens with zero attached hydrogens (tertiary/aromatic N) is 1. The van der Waals surface area contributed by atoms with E-state index in [0.717, 1.165) is 22.9 Å². The molecule has 0 atom stereocenters. The Kier molecular flexibility index (Phi) is 3.84. The van der Waals surface area contributed by atoms with Gasteiger partial charge < -0.3 is 10.6 Å². The SMILES string of the molecule is CN(Cc1ccc(Br)cc1)C(=O)C1CC(N)C1. The van der Waals surface area contributed by atoms with Crippen molar-refractivity contribution in [2.24, 2.45) is 11.7 Å². The van der Waals surface area contributed by atoms with Gasteiger partial charge in [-0.1, -0.05) is 28.1 Å². The summed E-state index contributed by atoms with van der Waals surface area (Å²) in [5.41, 5.74) is 6.85. The van der Waals surface area contributed by atoms with Crippen LogP contribution in [0.25, 0.3) is 0 Å². The molecule has 1 saturated carbocycles. The lowest BCUT2D eigenvalue weighted by Crippen LogP contribution is -2.45. The van der Waals surface area contributed by atoms with E-state index in [9.17, 15) is 4.79 Å². The van der Waals surface area contributed by atoms with Gasteiger partial charge in [-0.05, 0) is 30.5 Å². The summed E-state index contributed by atoms with van der Waals surface area (Å²) in [4.78, 5) is 13.8. The molecule has 92 valence electrons. The molecule has 0 unspecified atom stereocenters. The van der Waals surface area contributed by atoms with Crippen LogP contribution < -0.4 is 5.73 Å². The van der Waals surface area contributed by atoms with Crippen molar-refractivity contribution in [2.45, 2.75) is 25.4 Å². The topological polar surface area (TPSA) is 46.3 Å². The average molecular weight is 297 g/mol. The molecule has 0 heterocycles. The quantitative estimate of drug-likeness (QED) is 0.929. The van der Waals surface area contributed by atoms with Crippen molar-refractivity contribution in [3.63, 3.8) is 0 Å². The second kappa shape index (κ2) is 5.19. The van der Waals surface area contributed by atoms with Gasteiger partial charge in [0, 0.05) is 30.0 Å². The largest absolute Gasteiger partial charge is 0.341 e. The van der Waals surface area contributed by atoms with E-state index in [0.29, 0.717) is 6.54 Å². The van der Waals surface area contributed by atoms with E-state index in [1.54, 1.807) is 4.90 Å². The highest BCUT2D eigenvalue weighted by atomic mass is 79.9. The Morgan fingerprint density at radius 1 is 1.41 bits per heavy atom. The summed E-state index contributed by atoms with van der Waals surface area (Å²) in [6, 6.07) is 8.27. The highest BCUT2D eigenvalue weighted by Crippen LogP contribution is 2.27. The van der Waals surface area contributed by atoms with Gasteiger partial charge in [-0.25, -0.2) is 0 Å². The minimum Gasteiger partial charge on any atom is -0.341 e. The Hall–Kier alpha value is -0.870. The third-order valence-corrected chi connectivity index (χ3v) is 3.76. The minimum atomic E-state index is 0.144. The maximum absolute atomic E-state index is 12.0. The van der Waals surface area contributed by atoms with Crippen LogP contribution in [0, 0.1) is 5.92 Å². The van der Waals surface area contributed by atoms with E-state index in [4.69, 9.17) is 5.73 Å². The van der Waals surface area contributed by atoms with Crippen molar-refractivity contribution >= 4 is 21.8 Å². The molecule has 0 aromatic heterocycles. The zero-order valence-electron chi connectivity index (χ0n) is 9.90.